The first-order chi connectivity index (χ1) is 6.74. The van der Waals surface area contributed by atoms with Crippen LogP contribution in [0.25, 0.3) is 0 Å². The monoisotopic (exact) mass is 198 g/mol. The van der Waals surface area contributed by atoms with Gasteiger partial charge in [0, 0.05) is 6.54 Å². The fourth-order valence-electron chi connectivity index (χ4n) is 2.21. The van der Waals surface area contributed by atoms with Crippen molar-refractivity contribution < 1.29 is 0 Å². The van der Waals surface area contributed by atoms with Gasteiger partial charge in [0.15, 0.2) is 0 Å². The Bertz CT molecular complexity index is 145. The summed E-state index contributed by atoms with van der Waals surface area (Å²) in [7, 11) is 0. The van der Waals surface area contributed by atoms with Crippen molar-refractivity contribution >= 4 is 0 Å². The molecule has 1 rings (SSSR count). The van der Waals surface area contributed by atoms with Crippen LogP contribution in [0.4, 0.5) is 0 Å². The normalized spacial score (nSPS) is 23.6. The van der Waals surface area contributed by atoms with Gasteiger partial charge in [-0.3, -0.25) is 0 Å². The van der Waals surface area contributed by atoms with Crippen LogP contribution in [0.3, 0.4) is 0 Å². The third-order valence-corrected chi connectivity index (χ3v) is 3.33. The minimum atomic E-state index is 0.869. The maximum Gasteiger partial charge on any atom is 0.00126 e. The van der Waals surface area contributed by atoms with Gasteiger partial charge in [0.05, 0.1) is 0 Å². The molecule has 1 N–H and O–H groups in total. The quantitative estimate of drug-likeness (QED) is 0.656. The van der Waals surface area contributed by atoms with E-state index in [0.717, 1.165) is 18.4 Å². The third kappa shape index (κ3) is 3.97. The Morgan fingerprint density at radius 1 is 1.43 bits per heavy atom. The van der Waals surface area contributed by atoms with E-state index < -0.39 is 0 Å². The van der Waals surface area contributed by atoms with Crippen LogP contribution in [0.5, 0.6) is 0 Å². The lowest BCUT2D eigenvalue weighted by atomic mass is 9.95. The highest BCUT2D eigenvalue weighted by atomic mass is 15.1. The molecule has 1 unspecified atom stereocenters. The van der Waals surface area contributed by atoms with E-state index in [1.54, 1.807) is 0 Å². The van der Waals surface area contributed by atoms with E-state index in [-0.39, 0.29) is 0 Å². The maximum atomic E-state index is 3.38. The Morgan fingerprint density at radius 3 is 2.79 bits per heavy atom. The number of likely N-dealkylation sites (tertiary alicyclic amines) is 1. The molecule has 0 aliphatic carbocycles. The van der Waals surface area contributed by atoms with E-state index in [1.807, 2.05) is 0 Å². The summed E-state index contributed by atoms with van der Waals surface area (Å²) in [5.74, 6) is 1.82. The second kappa shape index (κ2) is 6.41. The molecule has 2 heteroatoms. The van der Waals surface area contributed by atoms with E-state index in [2.05, 4.69) is 31.0 Å². The molecule has 1 fully saturated rings. The number of rotatable bonds is 6. The van der Waals surface area contributed by atoms with Crippen molar-refractivity contribution in [3.05, 3.63) is 0 Å². The van der Waals surface area contributed by atoms with Crippen LogP contribution < -0.4 is 5.32 Å². The summed E-state index contributed by atoms with van der Waals surface area (Å²) < 4.78 is 0. The second-order valence-electron chi connectivity index (χ2n) is 4.80. The van der Waals surface area contributed by atoms with Crippen LogP contribution in [-0.4, -0.2) is 37.6 Å². The largest absolute Gasteiger partial charge is 0.317 e. The van der Waals surface area contributed by atoms with Gasteiger partial charge in [-0.1, -0.05) is 20.8 Å². The Hall–Kier alpha value is -0.0800. The van der Waals surface area contributed by atoms with Gasteiger partial charge in [-0.05, 0) is 50.9 Å². The minimum Gasteiger partial charge on any atom is -0.317 e. The zero-order chi connectivity index (χ0) is 10.4. The van der Waals surface area contributed by atoms with E-state index >= 15 is 0 Å². The van der Waals surface area contributed by atoms with E-state index in [9.17, 15) is 0 Å². The molecule has 0 saturated carbocycles. The molecule has 1 saturated heterocycles. The van der Waals surface area contributed by atoms with Crippen LogP contribution in [0.1, 0.15) is 33.6 Å². The Labute approximate surface area is 89.1 Å². The summed E-state index contributed by atoms with van der Waals surface area (Å²) in [5.41, 5.74) is 0. The minimum absolute atomic E-state index is 0.869. The molecule has 1 aliphatic rings. The van der Waals surface area contributed by atoms with Crippen LogP contribution in [0, 0.1) is 11.8 Å². The van der Waals surface area contributed by atoms with E-state index in [0.29, 0.717) is 0 Å². The standard InChI is InChI=1S/C12H26N2/c1-4-13-7-5-8-14-9-6-12(10-14)11(2)3/h11-13H,4-10H2,1-3H3. The molecule has 0 bridgehead atoms. The van der Waals surface area contributed by atoms with Crippen LogP contribution in [0.15, 0.2) is 0 Å². The van der Waals surface area contributed by atoms with Crippen LogP contribution in [-0.2, 0) is 0 Å². The van der Waals surface area contributed by atoms with Gasteiger partial charge in [0.25, 0.3) is 0 Å². The van der Waals surface area contributed by atoms with Gasteiger partial charge in [-0.2, -0.15) is 0 Å². The molecule has 0 aromatic carbocycles. The average Bonchev–Trinajstić information content (AvgIpc) is 2.61. The highest BCUT2D eigenvalue weighted by Gasteiger charge is 2.23. The Morgan fingerprint density at radius 2 is 2.21 bits per heavy atom. The fraction of sp³-hybridized carbons (Fsp3) is 1.00. The van der Waals surface area contributed by atoms with E-state index in [1.165, 1.54) is 39.0 Å². The SMILES string of the molecule is CCNCCCN1CCC(C(C)C)C1. The molecule has 14 heavy (non-hydrogen) atoms. The lowest BCUT2D eigenvalue weighted by molar-refractivity contribution is 0.299. The summed E-state index contributed by atoms with van der Waals surface area (Å²) in [5, 5.41) is 3.38. The van der Waals surface area contributed by atoms with Crippen molar-refractivity contribution in [1.29, 1.82) is 0 Å². The molecule has 0 radical (unpaired) electrons. The molecule has 1 heterocycles. The second-order valence-corrected chi connectivity index (χ2v) is 4.80. The lowest BCUT2D eigenvalue weighted by Gasteiger charge is -2.17. The summed E-state index contributed by atoms with van der Waals surface area (Å²) in [6, 6.07) is 0. The van der Waals surface area contributed by atoms with Crippen molar-refractivity contribution in [2.24, 2.45) is 11.8 Å². The van der Waals surface area contributed by atoms with E-state index in [4.69, 9.17) is 0 Å². The van der Waals surface area contributed by atoms with Gasteiger partial charge in [0.2, 0.25) is 0 Å². The highest BCUT2D eigenvalue weighted by molar-refractivity contribution is 4.77. The zero-order valence-electron chi connectivity index (χ0n) is 10.1. The summed E-state index contributed by atoms with van der Waals surface area (Å²) >= 11 is 0. The lowest BCUT2D eigenvalue weighted by Crippen LogP contribution is -2.26. The summed E-state index contributed by atoms with van der Waals surface area (Å²) in [6.45, 7) is 13.1. The number of nitrogens with zero attached hydrogens (tertiary/aromatic N) is 1. The average molecular weight is 198 g/mol. The molecule has 0 spiro atoms. The fourth-order valence-corrected chi connectivity index (χ4v) is 2.21. The first-order valence-electron chi connectivity index (χ1n) is 6.17. The molecular formula is C12H26N2. The highest BCUT2D eigenvalue weighted by Crippen LogP contribution is 2.23. The van der Waals surface area contributed by atoms with Gasteiger partial charge >= 0.3 is 0 Å². The summed E-state index contributed by atoms with van der Waals surface area (Å²) in [6.07, 6.45) is 2.72. The smallest absolute Gasteiger partial charge is 0.00126 e. The summed E-state index contributed by atoms with van der Waals surface area (Å²) in [4.78, 5) is 2.63. The van der Waals surface area contributed by atoms with Crippen molar-refractivity contribution in [2.45, 2.75) is 33.6 Å². The predicted octanol–water partition coefficient (Wildman–Crippen LogP) is 1.96. The molecule has 0 aromatic rings. The predicted molar refractivity (Wildman–Crippen MR) is 62.5 cm³/mol. The molecular weight excluding hydrogens is 172 g/mol. The molecule has 1 atom stereocenters. The van der Waals surface area contributed by atoms with Gasteiger partial charge in [-0.25, -0.2) is 0 Å². The zero-order valence-corrected chi connectivity index (χ0v) is 10.1. The Kier molecular flexibility index (Phi) is 5.49. The van der Waals surface area contributed by atoms with Crippen LogP contribution in [0.2, 0.25) is 0 Å². The van der Waals surface area contributed by atoms with Crippen molar-refractivity contribution in [1.82, 2.24) is 10.2 Å². The van der Waals surface area contributed by atoms with Crippen molar-refractivity contribution in [3.8, 4) is 0 Å². The number of nitrogens with one attached hydrogen (secondary N) is 1. The topological polar surface area (TPSA) is 15.3 Å². The van der Waals surface area contributed by atoms with Gasteiger partial charge in [0.1, 0.15) is 0 Å². The molecule has 0 amide bonds. The molecule has 0 aromatic heterocycles. The first-order valence-corrected chi connectivity index (χ1v) is 6.17. The van der Waals surface area contributed by atoms with Crippen molar-refractivity contribution in [2.75, 3.05) is 32.7 Å². The first kappa shape index (κ1) is 12.0. The molecule has 2 nitrogen and oxygen atoms in total. The van der Waals surface area contributed by atoms with Crippen molar-refractivity contribution in [3.63, 3.8) is 0 Å². The van der Waals surface area contributed by atoms with Gasteiger partial charge in [-0.15, -0.1) is 0 Å². The number of hydrogen-bond donors (Lipinski definition) is 1. The Balaban J connectivity index is 2.04. The number of hydrogen-bond acceptors (Lipinski definition) is 2. The van der Waals surface area contributed by atoms with Crippen LogP contribution >= 0.6 is 0 Å². The maximum absolute atomic E-state index is 3.38. The third-order valence-electron chi connectivity index (χ3n) is 3.33. The molecule has 1 aliphatic heterocycles. The van der Waals surface area contributed by atoms with Gasteiger partial charge < -0.3 is 10.2 Å². The molecule has 84 valence electrons.